The molecule has 1 saturated heterocycles. The maximum atomic E-state index is 5.82. The van der Waals surface area contributed by atoms with Gasteiger partial charge in [-0.25, -0.2) is 0 Å². The Morgan fingerprint density at radius 3 is 2.00 bits per heavy atom. The zero-order chi connectivity index (χ0) is 19.4. The van der Waals surface area contributed by atoms with Crippen LogP contribution in [-0.2, 0) is 9.47 Å². The average molecular weight is 604 g/mol. The molecule has 1 saturated carbocycles. The predicted octanol–water partition coefficient (Wildman–Crippen LogP) is 8.37. The molecule has 2 fully saturated rings. The molecule has 0 spiro atoms. The Bertz CT molecular complexity index is 387. The molecule has 3 unspecified atom stereocenters. The Labute approximate surface area is 196 Å². The molecular formula is C23H42I2O2. The second-order valence-electron chi connectivity index (χ2n) is 8.81. The van der Waals surface area contributed by atoms with Crippen molar-refractivity contribution in [2.24, 2.45) is 0 Å². The van der Waals surface area contributed by atoms with Gasteiger partial charge in [-0.3, -0.25) is 0 Å². The van der Waals surface area contributed by atoms with Crippen molar-refractivity contribution in [2.75, 3.05) is 13.2 Å². The van der Waals surface area contributed by atoms with E-state index in [0.717, 1.165) is 19.6 Å². The van der Waals surface area contributed by atoms with E-state index in [4.69, 9.17) is 9.47 Å². The van der Waals surface area contributed by atoms with Crippen molar-refractivity contribution in [1.82, 2.24) is 0 Å². The fourth-order valence-electron chi connectivity index (χ4n) is 4.31. The maximum absolute atomic E-state index is 5.82. The topological polar surface area (TPSA) is 18.5 Å². The third kappa shape index (κ3) is 9.37. The normalized spacial score (nSPS) is 30.6. The van der Waals surface area contributed by atoms with Crippen LogP contribution >= 0.6 is 45.2 Å². The number of hydrogen-bond donors (Lipinski definition) is 0. The lowest BCUT2D eigenvalue weighted by Gasteiger charge is -2.22. The highest BCUT2D eigenvalue weighted by Crippen LogP contribution is 2.66. The molecule has 1 aliphatic heterocycles. The highest BCUT2D eigenvalue weighted by molar-refractivity contribution is 14.1. The van der Waals surface area contributed by atoms with E-state index in [1.165, 1.54) is 103 Å². The van der Waals surface area contributed by atoms with Crippen LogP contribution in [-0.4, -0.2) is 26.3 Å². The van der Waals surface area contributed by atoms with Crippen LogP contribution < -0.4 is 0 Å². The van der Waals surface area contributed by atoms with Gasteiger partial charge in [0.1, 0.15) is 0 Å². The van der Waals surface area contributed by atoms with Gasteiger partial charge in [0.05, 0.1) is 0 Å². The largest absolute Gasteiger partial charge is 0.353 e. The Hall–Kier alpha value is 1.38. The molecule has 4 heteroatoms. The molecule has 1 aliphatic carbocycles. The van der Waals surface area contributed by atoms with E-state index in [1.807, 2.05) is 0 Å². The first kappa shape index (κ1) is 24.6. The van der Waals surface area contributed by atoms with E-state index in [-0.39, 0.29) is 6.29 Å². The molecule has 3 atom stereocenters. The summed E-state index contributed by atoms with van der Waals surface area (Å²) in [7, 11) is 0. The summed E-state index contributed by atoms with van der Waals surface area (Å²) in [4.78, 5) is 0. The van der Waals surface area contributed by atoms with Crippen LogP contribution in [0, 0.1) is 0 Å². The van der Waals surface area contributed by atoms with Gasteiger partial charge in [-0.1, -0.05) is 116 Å². The fourth-order valence-corrected chi connectivity index (χ4v) is 7.64. The second-order valence-corrected chi connectivity index (χ2v) is 12.9. The number of unbranched alkanes of at least 4 members (excludes halogenated alkanes) is 9. The third-order valence-electron chi connectivity index (χ3n) is 6.32. The van der Waals surface area contributed by atoms with Crippen molar-refractivity contribution in [3.8, 4) is 0 Å². The summed E-state index contributed by atoms with van der Waals surface area (Å²) < 4.78 is 12.7. The molecule has 0 bridgehead atoms. The summed E-state index contributed by atoms with van der Waals surface area (Å²) in [6, 6.07) is 0. The summed E-state index contributed by atoms with van der Waals surface area (Å²) in [5, 5.41) is 0. The molecular weight excluding hydrogens is 562 g/mol. The number of alkyl halides is 2. The highest BCUT2D eigenvalue weighted by Gasteiger charge is 2.62. The van der Waals surface area contributed by atoms with Crippen LogP contribution in [0.15, 0.2) is 0 Å². The Morgan fingerprint density at radius 2 is 1.41 bits per heavy atom. The van der Waals surface area contributed by atoms with E-state index in [0.29, 0.717) is 6.84 Å². The number of hydrogen-bond acceptors (Lipinski definition) is 2. The molecule has 0 aromatic carbocycles. The van der Waals surface area contributed by atoms with Crippen LogP contribution in [0.25, 0.3) is 0 Å². The average Bonchev–Trinajstić information content (AvgIpc) is 3.21. The van der Waals surface area contributed by atoms with Crippen LogP contribution in [0.2, 0.25) is 0 Å². The molecule has 0 aromatic heterocycles. The molecule has 27 heavy (non-hydrogen) atoms. The molecule has 0 aromatic rings. The van der Waals surface area contributed by atoms with Crippen molar-refractivity contribution >= 4 is 45.2 Å². The lowest BCUT2D eigenvalue weighted by atomic mass is 10.0. The summed E-state index contributed by atoms with van der Waals surface area (Å²) in [5.74, 6) is 0. The Morgan fingerprint density at radius 1 is 0.815 bits per heavy atom. The molecule has 2 aliphatic rings. The van der Waals surface area contributed by atoms with Crippen molar-refractivity contribution in [1.29, 1.82) is 0 Å². The highest BCUT2D eigenvalue weighted by atomic mass is 127. The monoisotopic (exact) mass is 604 g/mol. The van der Waals surface area contributed by atoms with E-state index in [2.05, 4.69) is 52.1 Å². The SMILES string of the molecule is CCCCCCCC1(I)CC1(I)CCCCCCCCOC1CCCCO1. The minimum Gasteiger partial charge on any atom is -0.353 e. The number of rotatable bonds is 16. The van der Waals surface area contributed by atoms with Gasteiger partial charge in [0.2, 0.25) is 0 Å². The standard InChI is InChI=1S/C23H42I2O2/c1-2-3-4-7-11-16-22(24)20-23(22,25)17-12-8-5-6-9-13-18-26-21-15-10-14-19-27-21/h21H,2-20H2,1H3. The smallest absolute Gasteiger partial charge is 0.157 e. The minimum absolute atomic E-state index is 0.0947. The first-order chi connectivity index (χ1) is 13.1. The van der Waals surface area contributed by atoms with Gasteiger partial charge in [-0.15, -0.1) is 0 Å². The lowest BCUT2D eigenvalue weighted by Crippen LogP contribution is -2.22. The quantitative estimate of drug-likeness (QED) is 0.100. The van der Waals surface area contributed by atoms with Gasteiger partial charge in [-0.05, 0) is 44.9 Å². The number of halogens is 2. The fraction of sp³-hybridized carbons (Fsp3) is 1.00. The Kier molecular flexibility index (Phi) is 12.4. The third-order valence-corrected chi connectivity index (χ3v) is 11.3. The van der Waals surface area contributed by atoms with E-state index < -0.39 is 0 Å². The summed E-state index contributed by atoms with van der Waals surface area (Å²) in [5.41, 5.74) is 0. The molecule has 1 heterocycles. The van der Waals surface area contributed by atoms with E-state index >= 15 is 0 Å². The first-order valence-electron chi connectivity index (χ1n) is 11.7. The molecule has 0 amide bonds. The number of ether oxygens (including phenoxy) is 2. The van der Waals surface area contributed by atoms with E-state index in [1.54, 1.807) is 0 Å². The molecule has 0 N–H and O–H groups in total. The second kappa shape index (κ2) is 13.6. The van der Waals surface area contributed by atoms with Crippen LogP contribution in [0.1, 0.15) is 116 Å². The summed E-state index contributed by atoms with van der Waals surface area (Å²) in [6.07, 6.45) is 23.2. The van der Waals surface area contributed by atoms with Gasteiger partial charge >= 0.3 is 0 Å². The summed E-state index contributed by atoms with van der Waals surface area (Å²) >= 11 is 5.60. The van der Waals surface area contributed by atoms with Gasteiger partial charge in [0.25, 0.3) is 0 Å². The van der Waals surface area contributed by atoms with Gasteiger partial charge in [0.15, 0.2) is 6.29 Å². The zero-order valence-electron chi connectivity index (χ0n) is 17.6. The predicted molar refractivity (Wildman–Crippen MR) is 133 cm³/mol. The summed E-state index contributed by atoms with van der Waals surface area (Å²) in [6.45, 7) is 4.08. The van der Waals surface area contributed by atoms with Crippen molar-refractivity contribution in [3.05, 3.63) is 0 Å². The van der Waals surface area contributed by atoms with Gasteiger partial charge in [0, 0.05) is 20.1 Å². The van der Waals surface area contributed by atoms with Gasteiger partial charge < -0.3 is 9.47 Å². The van der Waals surface area contributed by atoms with Crippen LogP contribution in [0.3, 0.4) is 0 Å². The zero-order valence-corrected chi connectivity index (χ0v) is 21.9. The lowest BCUT2D eigenvalue weighted by molar-refractivity contribution is -0.162. The molecule has 2 rings (SSSR count). The Balaban J connectivity index is 1.38. The molecule has 0 radical (unpaired) electrons. The molecule has 2 nitrogen and oxygen atoms in total. The van der Waals surface area contributed by atoms with Crippen molar-refractivity contribution in [2.45, 2.75) is 129 Å². The maximum Gasteiger partial charge on any atom is 0.157 e. The van der Waals surface area contributed by atoms with Crippen LogP contribution in [0.5, 0.6) is 0 Å². The van der Waals surface area contributed by atoms with Crippen molar-refractivity contribution in [3.63, 3.8) is 0 Å². The van der Waals surface area contributed by atoms with E-state index in [9.17, 15) is 0 Å². The minimum atomic E-state index is 0.0947. The van der Waals surface area contributed by atoms with Gasteiger partial charge in [-0.2, -0.15) is 0 Å². The first-order valence-corrected chi connectivity index (χ1v) is 13.9. The van der Waals surface area contributed by atoms with Crippen molar-refractivity contribution < 1.29 is 9.47 Å². The molecule has 160 valence electrons. The van der Waals surface area contributed by atoms with Crippen LogP contribution in [0.4, 0.5) is 0 Å².